The number of benzene rings is 2. The summed E-state index contributed by atoms with van der Waals surface area (Å²) in [6, 6.07) is 9.36. The largest absolute Gasteiger partial charge is 0.467 e. The zero-order valence-corrected chi connectivity index (χ0v) is 17.1. The van der Waals surface area contributed by atoms with Gasteiger partial charge in [0.2, 0.25) is 0 Å². The van der Waals surface area contributed by atoms with E-state index < -0.39 is 51.4 Å². The number of hydrogen-bond donors (Lipinski definition) is 2. The van der Waals surface area contributed by atoms with Gasteiger partial charge in [-0.25, -0.2) is 13.2 Å². The lowest BCUT2D eigenvalue weighted by molar-refractivity contribution is -0.146. The minimum Gasteiger partial charge on any atom is -0.467 e. The molecule has 11 heteroatoms. The number of alkyl halides is 3. The van der Waals surface area contributed by atoms with Crippen molar-refractivity contribution in [3.63, 3.8) is 0 Å². The molecule has 0 saturated heterocycles. The molecule has 0 aliphatic rings. The summed E-state index contributed by atoms with van der Waals surface area (Å²) in [7, 11) is -2.71. The fourth-order valence-corrected chi connectivity index (χ4v) is 4.02. The summed E-state index contributed by atoms with van der Waals surface area (Å²) in [5, 5.41) is 12.3. The minimum atomic E-state index is -4.58. The van der Waals surface area contributed by atoms with E-state index in [1.807, 2.05) is 0 Å². The van der Waals surface area contributed by atoms with E-state index >= 15 is 0 Å². The van der Waals surface area contributed by atoms with Crippen molar-refractivity contribution in [2.45, 2.75) is 29.6 Å². The number of carbonyl (C=O) groups excluding carboxylic acids is 2. The topological polar surface area (TPSA) is 110 Å². The monoisotopic (exact) mass is 459 g/mol. The van der Waals surface area contributed by atoms with Crippen LogP contribution in [0.15, 0.2) is 59.5 Å². The van der Waals surface area contributed by atoms with Crippen molar-refractivity contribution in [3.8, 4) is 0 Å². The Morgan fingerprint density at radius 2 is 1.65 bits per heavy atom. The molecule has 2 N–H and O–H groups in total. The molecule has 1 amide bonds. The van der Waals surface area contributed by atoms with Gasteiger partial charge in [0.15, 0.2) is 15.9 Å². The van der Waals surface area contributed by atoms with Crippen LogP contribution in [-0.2, 0) is 30.3 Å². The number of hydrogen-bond acceptors (Lipinski definition) is 6. The lowest BCUT2D eigenvalue weighted by Crippen LogP contribution is -2.44. The second-order valence-corrected chi connectivity index (χ2v) is 8.64. The Labute approximate surface area is 176 Å². The molecule has 0 saturated carbocycles. The lowest BCUT2D eigenvalue weighted by atomic mass is 10.1. The summed E-state index contributed by atoms with van der Waals surface area (Å²) in [6.45, 7) is 0. The smallest absolute Gasteiger partial charge is 0.416 e. The van der Waals surface area contributed by atoms with Crippen molar-refractivity contribution in [1.82, 2.24) is 5.32 Å². The van der Waals surface area contributed by atoms with Gasteiger partial charge in [-0.3, -0.25) is 4.79 Å². The standard InChI is InChI=1S/C20H20F3NO6S/c1-30-19(27)16(11-12-31(28,29)15-5-3-2-4-6-15)24-18(26)17(25)13-7-9-14(10-8-13)20(21,22)23/h2-10,16-17,25H,11-12H2,1H3,(H,24,26)/t16-,17+/m0/s1. The number of aliphatic hydroxyl groups excluding tert-OH is 1. The average Bonchev–Trinajstić information content (AvgIpc) is 2.75. The molecule has 0 fully saturated rings. The van der Waals surface area contributed by atoms with Crippen molar-refractivity contribution in [1.29, 1.82) is 0 Å². The van der Waals surface area contributed by atoms with Gasteiger partial charge < -0.3 is 15.2 Å². The predicted molar refractivity (Wildman–Crippen MR) is 103 cm³/mol. The molecule has 2 rings (SSSR count). The predicted octanol–water partition coefficient (Wildman–Crippen LogP) is 2.26. The van der Waals surface area contributed by atoms with E-state index in [0.717, 1.165) is 19.2 Å². The molecule has 0 aliphatic carbocycles. The summed E-state index contributed by atoms with van der Waals surface area (Å²) >= 11 is 0. The molecule has 0 spiro atoms. The third-order valence-corrected chi connectivity index (χ3v) is 6.15. The maximum atomic E-state index is 12.6. The van der Waals surface area contributed by atoms with Crippen molar-refractivity contribution < 1.29 is 41.0 Å². The first-order valence-electron chi connectivity index (χ1n) is 8.97. The normalized spacial score (nSPS) is 13.8. The van der Waals surface area contributed by atoms with Crippen molar-refractivity contribution in [2.24, 2.45) is 0 Å². The number of methoxy groups -OCH3 is 1. The summed E-state index contributed by atoms with van der Waals surface area (Å²) in [5.74, 6) is -2.52. The first-order valence-corrected chi connectivity index (χ1v) is 10.6. The first-order chi connectivity index (χ1) is 14.5. The molecule has 7 nitrogen and oxygen atoms in total. The summed E-state index contributed by atoms with van der Waals surface area (Å²) < 4.78 is 67.3. The minimum absolute atomic E-state index is 0.0368. The molecule has 0 heterocycles. The van der Waals surface area contributed by atoms with Crippen LogP contribution in [0, 0.1) is 0 Å². The Balaban J connectivity index is 2.09. The van der Waals surface area contributed by atoms with Crippen molar-refractivity contribution in [3.05, 3.63) is 65.7 Å². The van der Waals surface area contributed by atoms with Crippen LogP contribution in [0.2, 0.25) is 0 Å². The van der Waals surface area contributed by atoms with Gasteiger partial charge in [-0.2, -0.15) is 13.2 Å². The zero-order valence-electron chi connectivity index (χ0n) is 16.3. The second kappa shape index (κ2) is 9.92. The summed E-state index contributed by atoms with van der Waals surface area (Å²) in [4.78, 5) is 24.3. The Morgan fingerprint density at radius 1 is 1.06 bits per heavy atom. The quantitative estimate of drug-likeness (QED) is 0.586. The van der Waals surface area contributed by atoms with E-state index in [2.05, 4.69) is 10.1 Å². The van der Waals surface area contributed by atoms with Gasteiger partial charge in [0.25, 0.3) is 5.91 Å². The highest BCUT2D eigenvalue weighted by atomic mass is 32.2. The highest BCUT2D eigenvalue weighted by Gasteiger charge is 2.31. The van der Waals surface area contributed by atoms with E-state index in [0.29, 0.717) is 12.1 Å². The van der Waals surface area contributed by atoms with Crippen LogP contribution < -0.4 is 5.32 Å². The van der Waals surface area contributed by atoms with Crippen LogP contribution in [0.5, 0.6) is 0 Å². The van der Waals surface area contributed by atoms with E-state index in [1.54, 1.807) is 6.07 Å². The molecule has 2 aromatic rings. The maximum Gasteiger partial charge on any atom is 0.416 e. The van der Waals surface area contributed by atoms with Crippen molar-refractivity contribution >= 4 is 21.7 Å². The molecule has 31 heavy (non-hydrogen) atoms. The highest BCUT2D eigenvalue weighted by Crippen LogP contribution is 2.30. The van der Waals surface area contributed by atoms with Crippen molar-refractivity contribution in [2.75, 3.05) is 12.9 Å². The highest BCUT2D eigenvalue weighted by molar-refractivity contribution is 7.91. The van der Waals surface area contributed by atoms with Gasteiger partial charge in [-0.1, -0.05) is 30.3 Å². The number of esters is 1. The number of aliphatic hydroxyl groups is 1. The number of nitrogens with one attached hydrogen (secondary N) is 1. The van der Waals surface area contributed by atoms with Gasteiger partial charge in [0.05, 0.1) is 23.3 Å². The van der Waals surface area contributed by atoms with Gasteiger partial charge in [-0.05, 0) is 36.2 Å². The van der Waals surface area contributed by atoms with Crippen LogP contribution >= 0.6 is 0 Å². The van der Waals surface area contributed by atoms with Crippen LogP contribution in [0.1, 0.15) is 23.7 Å². The lowest BCUT2D eigenvalue weighted by Gasteiger charge is -2.19. The van der Waals surface area contributed by atoms with Crippen LogP contribution in [-0.4, -0.2) is 44.3 Å². The van der Waals surface area contributed by atoms with Gasteiger partial charge >= 0.3 is 12.1 Å². The number of ether oxygens (including phenoxy) is 1. The SMILES string of the molecule is COC(=O)[C@H](CCS(=O)(=O)c1ccccc1)NC(=O)[C@H](O)c1ccc(C(F)(F)F)cc1. The molecule has 0 bridgehead atoms. The first kappa shape index (κ1) is 24.4. The van der Waals surface area contributed by atoms with E-state index in [1.165, 1.54) is 24.3 Å². The molecule has 2 aromatic carbocycles. The van der Waals surface area contributed by atoms with E-state index in [-0.39, 0.29) is 16.9 Å². The Hall–Kier alpha value is -2.92. The fraction of sp³-hybridized carbons (Fsp3) is 0.300. The number of rotatable bonds is 8. The number of sulfone groups is 1. The zero-order chi connectivity index (χ0) is 23.2. The van der Waals surface area contributed by atoms with E-state index in [4.69, 9.17) is 0 Å². The van der Waals surface area contributed by atoms with Crippen LogP contribution in [0.3, 0.4) is 0 Å². The molecule has 0 radical (unpaired) electrons. The van der Waals surface area contributed by atoms with Gasteiger partial charge in [0.1, 0.15) is 6.04 Å². The molecule has 168 valence electrons. The van der Waals surface area contributed by atoms with Gasteiger partial charge in [-0.15, -0.1) is 0 Å². The molecule has 0 aromatic heterocycles. The Kier molecular flexibility index (Phi) is 7.80. The summed E-state index contributed by atoms with van der Waals surface area (Å²) in [6.07, 6.45) is -6.79. The molecule has 2 atom stereocenters. The van der Waals surface area contributed by atoms with Crippen LogP contribution in [0.4, 0.5) is 13.2 Å². The van der Waals surface area contributed by atoms with Crippen LogP contribution in [0.25, 0.3) is 0 Å². The summed E-state index contributed by atoms with van der Waals surface area (Å²) in [5.41, 5.74) is -1.09. The fourth-order valence-electron chi connectivity index (χ4n) is 2.67. The third-order valence-electron chi connectivity index (χ3n) is 4.38. The second-order valence-electron chi connectivity index (χ2n) is 6.53. The van der Waals surface area contributed by atoms with E-state index in [9.17, 15) is 36.3 Å². The Bertz CT molecular complexity index is 1010. The molecule has 0 aliphatic heterocycles. The molecular formula is C20H20F3NO6S. The molecular weight excluding hydrogens is 439 g/mol. The third kappa shape index (κ3) is 6.53. The maximum absolute atomic E-state index is 12.6. The number of halogens is 3. The number of amides is 1. The van der Waals surface area contributed by atoms with Gasteiger partial charge in [0, 0.05) is 0 Å². The Morgan fingerprint density at radius 3 is 2.16 bits per heavy atom. The number of carbonyl (C=O) groups is 2. The average molecular weight is 459 g/mol. The molecule has 0 unspecified atom stereocenters.